The summed E-state index contributed by atoms with van der Waals surface area (Å²) in [7, 11) is 1.50. The summed E-state index contributed by atoms with van der Waals surface area (Å²) in [4.78, 5) is 10.6. The number of carbonyl (C=O) groups is 1. The molecule has 0 aliphatic heterocycles. The quantitative estimate of drug-likeness (QED) is 0.722. The molecular formula is C18H24F3N3O2. The lowest BCUT2D eigenvalue weighted by molar-refractivity contribution is -0.274. The molecule has 2 rings (SSSR count). The summed E-state index contributed by atoms with van der Waals surface area (Å²) in [6, 6.07) is 13.1. The Balaban J connectivity index is 0.000000522. The molecule has 0 saturated carbocycles. The Morgan fingerprint density at radius 2 is 1.62 bits per heavy atom. The van der Waals surface area contributed by atoms with Gasteiger partial charge in [-0.25, -0.2) is 0 Å². The van der Waals surface area contributed by atoms with Crippen molar-refractivity contribution in [2.24, 2.45) is 5.73 Å². The molecule has 2 aromatic carbocycles. The van der Waals surface area contributed by atoms with Gasteiger partial charge in [0.1, 0.15) is 5.75 Å². The van der Waals surface area contributed by atoms with Crippen LogP contribution < -0.4 is 21.5 Å². The predicted octanol–water partition coefficient (Wildman–Crippen LogP) is 3.37. The van der Waals surface area contributed by atoms with Gasteiger partial charge >= 0.3 is 6.36 Å². The van der Waals surface area contributed by atoms with Crippen molar-refractivity contribution in [3.8, 4) is 5.75 Å². The standard InChI is InChI=1S/C10H10F3NO2.C7H9N.CH5N/c1-7(15)14-6-8-2-4-9(5-3-8)16-10(11,12)13;1-6-4-2-3-5-7(6)8;1-2/h2-5H,6H2,1H3,(H,14,15);2-5H,8H2,1H3;2H2,1H3. The van der Waals surface area contributed by atoms with Crippen LogP contribution in [0.3, 0.4) is 0 Å². The number of nitrogen functional groups attached to an aromatic ring is 1. The third-order valence-electron chi connectivity index (χ3n) is 2.89. The first-order valence-electron chi connectivity index (χ1n) is 7.65. The van der Waals surface area contributed by atoms with Gasteiger partial charge in [0.05, 0.1) is 0 Å². The number of hydrogen-bond donors (Lipinski definition) is 3. The summed E-state index contributed by atoms with van der Waals surface area (Å²) in [5, 5.41) is 2.53. The van der Waals surface area contributed by atoms with Gasteiger partial charge in [0, 0.05) is 19.2 Å². The van der Waals surface area contributed by atoms with Crippen molar-refractivity contribution >= 4 is 11.6 Å². The maximum Gasteiger partial charge on any atom is 0.573 e. The maximum atomic E-state index is 11.8. The van der Waals surface area contributed by atoms with Crippen LogP contribution in [0.4, 0.5) is 18.9 Å². The van der Waals surface area contributed by atoms with Crippen LogP contribution in [0.1, 0.15) is 18.1 Å². The van der Waals surface area contributed by atoms with Crippen LogP contribution in [0.15, 0.2) is 48.5 Å². The van der Waals surface area contributed by atoms with E-state index in [9.17, 15) is 18.0 Å². The van der Waals surface area contributed by atoms with Gasteiger partial charge in [0.2, 0.25) is 5.91 Å². The second-order valence-electron chi connectivity index (χ2n) is 4.96. The number of benzene rings is 2. The van der Waals surface area contributed by atoms with Crippen LogP contribution in [-0.2, 0) is 11.3 Å². The molecule has 5 N–H and O–H groups in total. The normalized spacial score (nSPS) is 9.81. The number of aryl methyl sites for hydroxylation is 1. The average Bonchev–Trinajstić information content (AvgIpc) is 2.58. The fourth-order valence-corrected chi connectivity index (χ4v) is 1.62. The highest BCUT2D eigenvalue weighted by Crippen LogP contribution is 2.22. The number of nitrogens with two attached hydrogens (primary N) is 2. The number of hydrogen-bond acceptors (Lipinski definition) is 4. The molecule has 2 aromatic rings. The van der Waals surface area contributed by atoms with E-state index in [4.69, 9.17) is 5.73 Å². The third-order valence-corrected chi connectivity index (χ3v) is 2.89. The molecule has 0 heterocycles. The Hall–Kier alpha value is -2.74. The van der Waals surface area contributed by atoms with Crippen molar-refractivity contribution in [3.63, 3.8) is 0 Å². The molecule has 8 heteroatoms. The van der Waals surface area contributed by atoms with Crippen molar-refractivity contribution in [2.45, 2.75) is 26.8 Å². The lowest BCUT2D eigenvalue weighted by Gasteiger charge is -2.09. The van der Waals surface area contributed by atoms with Crippen LogP contribution in [0.5, 0.6) is 5.75 Å². The molecule has 0 saturated heterocycles. The van der Waals surface area contributed by atoms with E-state index in [2.05, 4.69) is 15.8 Å². The molecule has 0 aliphatic rings. The molecular weight excluding hydrogens is 347 g/mol. The molecule has 0 aromatic heterocycles. The minimum absolute atomic E-state index is 0.199. The number of para-hydroxylation sites is 1. The SMILES string of the molecule is CC(=O)NCc1ccc(OC(F)(F)F)cc1.CN.Cc1ccccc1N. The summed E-state index contributed by atoms with van der Waals surface area (Å²) in [5.41, 5.74) is 12.7. The monoisotopic (exact) mass is 371 g/mol. The van der Waals surface area contributed by atoms with E-state index in [0.717, 1.165) is 11.3 Å². The van der Waals surface area contributed by atoms with Crippen LogP contribution in [0.2, 0.25) is 0 Å². The van der Waals surface area contributed by atoms with Crippen LogP contribution >= 0.6 is 0 Å². The van der Waals surface area contributed by atoms with Gasteiger partial charge in [0.25, 0.3) is 0 Å². The fraction of sp³-hybridized carbons (Fsp3) is 0.278. The Kier molecular flexibility index (Phi) is 10.5. The van der Waals surface area contributed by atoms with E-state index in [1.807, 2.05) is 31.2 Å². The number of ether oxygens (including phenoxy) is 1. The average molecular weight is 371 g/mol. The molecule has 0 unspecified atom stereocenters. The number of rotatable bonds is 3. The molecule has 0 bridgehead atoms. The minimum atomic E-state index is -4.68. The zero-order valence-corrected chi connectivity index (χ0v) is 14.9. The number of alkyl halides is 3. The second kappa shape index (κ2) is 11.8. The summed E-state index contributed by atoms with van der Waals surface area (Å²) in [6.07, 6.45) is -4.68. The van der Waals surface area contributed by atoms with E-state index in [-0.39, 0.29) is 18.2 Å². The summed E-state index contributed by atoms with van der Waals surface area (Å²) >= 11 is 0. The van der Waals surface area contributed by atoms with Crippen molar-refractivity contribution in [3.05, 3.63) is 59.7 Å². The first kappa shape index (κ1) is 23.3. The van der Waals surface area contributed by atoms with Gasteiger partial charge in [0.15, 0.2) is 0 Å². The molecule has 0 aliphatic carbocycles. The van der Waals surface area contributed by atoms with E-state index in [1.54, 1.807) is 0 Å². The summed E-state index contributed by atoms with van der Waals surface area (Å²) in [5.74, 6) is -0.477. The maximum absolute atomic E-state index is 11.8. The molecule has 0 atom stereocenters. The van der Waals surface area contributed by atoms with Gasteiger partial charge in [-0.05, 0) is 43.3 Å². The number of halogens is 3. The largest absolute Gasteiger partial charge is 0.573 e. The van der Waals surface area contributed by atoms with Crippen LogP contribution in [-0.4, -0.2) is 19.3 Å². The molecule has 144 valence electrons. The lowest BCUT2D eigenvalue weighted by Crippen LogP contribution is -2.19. The van der Waals surface area contributed by atoms with E-state index in [0.29, 0.717) is 5.56 Å². The van der Waals surface area contributed by atoms with Crippen LogP contribution in [0, 0.1) is 6.92 Å². The van der Waals surface area contributed by atoms with Gasteiger partial charge in [-0.15, -0.1) is 13.2 Å². The minimum Gasteiger partial charge on any atom is -0.406 e. The van der Waals surface area contributed by atoms with Crippen molar-refractivity contribution in [1.29, 1.82) is 0 Å². The van der Waals surface area contributed by atoms with Crippen molar-refractivity contribution in [2.75, 3.05) is 12.8 Å². The van der Waals surface area contributed by atoms with Crippen LogP contribution in [0.25, 0.3) is 0 Å². The first-order chi connectivity index (χ1) is 12.2. The molecule has 5 nitrogen and oxygen atoms in total. The first-order valence-corrected chi connectivity index (χ1v) is 7.65. The zero-order chi connectivity index (χ0) is 20.2. The van der Waals surface area contributed by atoms with Crippen molar-refractivity contribution in [1.82, 2.24) is 5.32 Å². The van der Waals surface area contributed by atoms with E-state index < -0.39 is 6.36 Å². The Morgan fingerprint density at radius 3 is 2.00 bits per heavy atom. The van der Waals surface area contributed by atoms with Crippen molar-refractivity contribution < 1.29 is 22.7 Å². The highest BCUT2D eigenvalue weighted by atomic mass is 19.4. The second-order valence-corrected chi connectivity index (χ2v) is 4.96. The number of amides is 1. The molecule has 0 spiro atoms. The Bertz CT molecular complexity index is 638. The topological polar surface area (TPSA) is 90.4 Å². The Morgan fingerprint density at radius 1 is 1.08 bits per heavy atom. The molecule has 0 fully saturated rings. The summed E-state index contributed by atoms with van der Waals surface area (Å²) in [6.45, 7) is 3.64. The molecule has 26 heavy (non-hydrogen) atoms. The smallest absolute Gasteiger partial charge is 0.406 e. The van der Waals surface area contributed by atoms with Gasteiger partial charge < -0.3 is 21.5 Å². The third kappa shape index (κ3) is 10.9. The molecule has 1 amide bonds. The van der Waals surface area contributed by atoms with Gasteiger partial charge in [-0.2, -0.15) is 0 Å². The van der Waals surface area contributed by atoms with E-state index in [1.165, 1.54) is 38.2 Å². The number of nitrogens with one attached hydrogen (secondary N) is 1. The highest BCUT2D eigenvalue weighted by molar-refractivity contribution is 5.72. The van der Waals surface area contributed by atoms with E-state index >= 15 is 0 Å². The fourth-order valence-electron chi connectivity index (χ4n) is 1.62. The van der Waals surface area contributed by atoms with Gasteiger partial charge in [-0.3, -0.25) is 4.79 Å². The van der Waals surface area contributed by atoms with Gasteiger partial charge in [-0.1, -0.05) is 30.3 Å². The summed E-state index contributed by atoms with van der Waals surface area (Å²) < 4.78 is 39.1. The Labute approximate surface area is 151 Å². The highest BCUT2D eigenvalue weighted by Gasteiger charge is 2.30. The number of carbonyl (C=O) groups excluding carboxylic acids is 1. The predicted molar refractivity (Wildman–Crippen MR) is 96.3 cm³/mol. The number of anilines is 1. The molecule has 0 radical (unpaired) electrons. The zero-order valence-electron chi connectivity index (χ0n) is 14.9. The lowest BCUT2D eigenvalue weighted by atomic mass is 10.2.